The van der Waals surface area contributed by atoms with Gasteiger partial charge in [0, 0.05) is 13.0 Å². The van der Waals surface area contributed by atoms with Crippen LogP contribution in [0.2, 0.25) is 0 Å². The largest absolute Gasteiger partial charge is 0.493 e. The fourth-order valence-corrected chi connectivity index (χ4v) is 3.91. The zero-order valence-corrected chi connectivity index (χ0v) is 22.1. The molecule has 39 heavy (non-hydrogen) atoms. The van der Waals surface area contributed by atoms with E-state index in [1.54, 1.807) is 24.3 Å². The fourth-order valence-electron chi connectivity index (χ4n) is 3.91. The molecule has 3 rings (SSSR count). The highest BCUT2D eigenvalue weighted by molar-refractivity contribution is 5.99. The first-order chi connectivity index (χ1) is 18.7. The predicted octanol–water partition coefficient (Wildman–Crippen LogP) is 1.94. The number of fused-ring (bicyclic) bond motifs is 1. The number of amides is 4. The number of hydrogen-bond acceptors (Lipinski definition) is 6. The Kier molecular flexibility index (Phi) is 11.1. The van der Waals surface area contributed by atoms with Crippen molar-refractivity contribution in [2.75, 3.05) is 26.3 Å². The molecule has 0 unspecified atom stereocenters. The number of ether oxygens (including phenoxy) is 2. The number of para-hydroxylation sites is 1. The summed E-state index contributed by atoms with van der Waals surface area (Å²) in [5.41, 5.74) is 0.246. The van der Waals surface area contributed by atoms with Crippen LogP contribution >= 0.6 is 0 Å². The van der Waals surface area contributed by atoms with Crippen molar-refractivity contribution < 1.29 is 33.0 Å². The summed E-state index contributed by atoms with van der Waals surface area (Å²) < 4.78 is 24.3. The second kappa shape index (κ2) is 14.7. The number of carbonyl (C=O) groups is 4. The van der Waals surface area contributed by atoms with E-state index < -0.39 is 29.8 Å². The lowest BCUT2D eigenvalue weighted by Crippen LogP contribution is -2.51. The first-order valence-corrected chi connectivity index (χ1v) is 13.0. The molecule has 0 bridgehead atoms. The lowest BCUT2D eigenvalue weighted by molar-refractivity contribution is -0.130. The molecule has 0 saturated carbocycles. The van der Waals surface area contributed by atoms with Crippen molar-refractivity contribution in [1.82, 2.24) is 21.3 Å². The van der Waals surface area contributed by atoms with E-state index in [-0.39, 0.29) is 55.8 Å². The molecule has 4 N–H and O–H groups in total. The minimum Gasteiger partial charge on any atom is -0.493 e. The molecule has 10 nitrogen and oxygen atoms in total. The van der Waals surface area contributed by atoms with Crippen LogP contribution in [0.25, 0.3) is 0 Å². The Balaban J connectivity index is 1.71. The molecule has 0 aliphatic carbocycles. The van der Waals surface area contributed by atoms with E-state index in [0.717, 1.165) is 0 Å². The van der Waals surface area contributed by atoms with Crippen LogP contribution in [0.1, 0.15) is 43.5 Å². The monoisotopic (exact) mass is 542 g/mol. The number of nitrogens with one attached hydrogen (secondary N) is 4. The van der Waals surface area contributed by atoms with E-state index in [0.29, 0.717) is 24.5 Å². The Hall–Kier alpha value is -4.15. The van der Waals surface area contributed by atoms with Gasteiger partial charge in [-0.25, -0.2) is 4.39 Å². The van der Waals surface area contributed by atoms with Crippen LogP contribution in [0.4, 0.5) is 4.39 Å². The van der Waals surface area contributed by atoms with Gasteiger partial charge in [0.2, 0.25) is 17.7 Å². The van der Waals surface area contributed by atoms with Crippen molar-refractivity contribution in [2.45, 2.75) is 45.2 Å². The normalized spacial score (nSPS) is 19.1. The van der Waals surface area contributed by atoms with Gasteiger partial charge in [0.1, 0.15) is 36.0 Å². The fraction of sp³-hybridized carbons (Fsp3) is 0.429. The molecule has 4 amide bonds. The lowest BCUT2D eigenvalue weighted by Gasteiger charge is -2.23. The van der Waals surface area contributed by atoms with Gasteiger partial charge in [-0.05, 0) is 55.2 Å². The third kappa shape index (κ3) is 9.27. The highest BCUT2D eigenvalue weighted by atomic mass is 19.1. The maximum atomic E-state index is 13.1. The molecule has 0 spiro atoms. The van der Waals surface area contributed by atoms with Crippen LogP contribution in [0.15, 0.2) is 48.5 Å². The van der Waals surface area contributed by atoms with Crippen molar-refractivity contribution in [3.05, 3.63) is 59.9 Å². The van der Waals surface area contributed by atoms with Crippen LogP contribution in [-0.4, -0.2) is 62.0 Å². The lowest BCUT2D eigenvalue weighted by atomic mass is 10.0. The highest BCUT2D eigenvalue weighted by Gasteiger charge is 2.27. The standard InChI is InChI=1S/C28H35FN4O6/c1-18(2)25-28(37)30-14-5-16-39-23-7-4-3-6-21(23)26(35)32-22(12-13-24(34)33-25)27(36)31-15-17-38-20-10-8-19(29)9-11-20/h3-4,6-11,18,22,25H,5,12-17H2,1-2H3,(H,30,37)(H,31,36)(H,32,35)(H,33,34)/t22-,25+/m0/s1. The number of rotatable bonds is 6. The Morgan fingerprint density at radius 1 is 1.10 bits per heavy atom. The Labute approximate surface area is 227 Å². The zero-order chi connectivity index (χ0) is 28.2. The number of benzene rings is 2. The number of hydrogen-bond donors (Lipinski definition) is 4. The summed E-state index contributed by atoms with van der Waals surface area (Å²) in [6.07, 6.45) is 0.391. The van der Waals surface area contributed by atoms with Gasteiger partial charge in [-0.3, -0.25) is 19.2 Å². The first kappa shape index (κ1) is 29.4. The summed E-state index contributed by atoms with van der Waals surface area (Å²) in [4.78, 5) is 51.5. The summed E-state index contributed by atoms with van der Waals surface area (Å²) in [6, 6.07) is 10.4. The van der Waals surface area contributed by atoms with Crippen LogP contribution in [0, 0.1) is 11.7 Å². The van der Waals surface area contributed by atoms with Crippen molar-refractivity contribution >= 4 is 23.6 Å². The van der Waals surface area contributed by atoms with E-state index in [1.165, 1.54) is 24.3 Å². The molecule has 0 radical (unpaired) electrons. The summed E-state index contributed by atoms with van der Waals surface area (Å²) in [6.45, 7) is 4.48. The van der Waals surface area contributed by atoms with Gasteiger partial charge in [-0.2, -0.15) is 0 Å². The van der Waals surface area contributed by atoms with Crippen molar-refractivity contribution in [1.29, 1.82) is 0 Å². The summed E-state index contributed by atoms with van der Waals surface area (Å²) >= 11 is 0. The van der Waals surface area contributed by atoms with E-state index in [1.807, 2.05) is 13.8 Å². The molecular formula is C28H35FN4O6. The SMILES string of the molecule is CC(C)[C@H]1NC(=O)CC[C@@H](C(=O)NCCOc2ccc(F)cc2)NC(=O)c2ccccc2OCCCNC1=O. The molecule has 2 aromatic carbocycles. The average molecular weight is 543 g/mol. The predicted molar refractivity (Wildman–Crippen MR) is 142 cm³/mol. The topological polar surface area (TPSA) is 135 Å². The van der Waals surface area contributed by atoms with Crippen LogP contribution in [-0.2, 0) is 14.4 Å². The number of halogens is 1. The molecule has 0 saturated heterocycles. The van der Waals surface area contributed by atoms with Gasteiger partial charge in [0.15, 0.2) is 0 Å². The van der Waals surface area contributed by atoms with E-state index in [2.05, 4.69) is 21.3 Å². The smallest absolute Gasteiger partial charge is 0.255 e. The molecule has 1 aliphatic rings. The molecule has 11 heteroatoms. The van der Waals surface area contributed by atoms with Crippen molar-refractivity contribution in [3.8, 4) is 11.5 Å². The Morgan fingerprint density at radius 3 is 2.59 bits per heavy atom. The molecule has 1 aliphatic heterocycles. The molecule has 1 heterocycles. The van der Waals surface area contributed by atoms with Gasteiger partial charge in [-0.1, -0.05) is 26.0 Å². The zero-order valence-electron chi connectivity index (χ0n) is 22.1. The molecule has 0 aromatic heterocycles. The van der Waals surface area contributed by atoms with Crippen LogP contribution in [0.5, 0.6) is 11.5 Å². The quantitative estimate of drug-likeness (QED) is 0.412. The minimum atomic E-state index is -1.04. The van der Waals surface area contributed by atoms with Gasteiger partial charge >= 0.3 is 0 Å². The minimum absolute atomic E-state index is 0.00230. The van der Waals surface area contributed by atoms with Crippen molar-refractivity contribution in [2.24, 2.45) is 5.92 Å². The highest BCUT2D eigenvalue weighted by Crippen LogP contribution is 2.19. The molecular weight excluding hydrogens is 507 g/mol. The van der Waals surface area contributed by atoms with E-state index >= 15 is 0 Å². The van der Waals surface area contributed by atoms with Crippen LogP contribution in [0.3, 0.4) is 0 Å². The van der Waals surface area contributed by atoms with E-state index in [4.69, 9.17) is 9.47 Å². The van der Waals surface area contributed by atoms with Gasteiger partial charge in [-0.15, -0.1) is 0 Å². The Bertz CT molecular complexity index is 1140. The second-order valence-corrected chi connectivity index (χ2v) is 9.44. The van der Waals surface area contributed by atoms with Gasteiger partial charge < -0.3 is 30.7 Å². The maximum absolute atomic E-state index is 13.1. The first-order valence-electron chi connectivity index (χ1n) is 13.0. The summed E-state index contributed by atoms with van der Waals surface area (Å²) in [7, 11) is 0. The molecule has 2 aromatic rings. The van der Waals surface area contributed by atoms with Gasteiger partial charge in [0.05, 0.1) is 18.7 Å². The molecule has 2 atom stereocenters. The third-order valence-corrected chi connectivity index (χ3v) is 6.04. The third-order valence-electron chi connectivity index (χ3n) is 6.04. The van der Waals surface area contributed by atoms with Crippen molar-refractivity contribution in [3.63, 3.8) is 0 Å². The maximum Gasteiger partial charge on any atom is 0.255 e. The number of carbonyl (C=O) groups excluding carboxylic acids is 4. The van der Waals surface area contributed by atoms with Gasteiger partial charge in [0.25, 0.3) is 5.91 Å². The summed E-state index contributed by atoms with van der Waals surface area (Å²) in [5.74, 6) is -1.48. The Morgan fingerprint density at radius 2 is 1.85 bits per heavy atom. The summed E-state index contributed by atoms with van der Waals surface area (Å²) in [5, 5.41) is 11.0. The van der Waals surface area contributed by atoms with Crippen LogP contribution < -0.4 is 30.7 Å². The van der Waals surface area contributed by atoms with E-state index in [9.17, 15) is 23.6 Å². The molecule has 210 valence electrons. The average Bonchev–Trinajstić information content (AvgIpc) is 2.92. The second-order valence-electron chi connectivity index (χ2n) is 9.44. The molecule has 0 fully saturated rings.